The molecule has 5 heteroatoms. The fourth-order valence-corrected chi connectivity index (χ4v) is 1.80. The van der Waals surface area contributed by atoms with Gasteiger partial charge in [0.1, 0.15) is 6.04 Å². The monoisotopic (exact) mass is 264 g/mol. The number of carbonyl (C=O) groups is 2. The van der Waals surface area contributed by atoms with Gasteiger partial charge in [0.25, 0.3) is 0 Å². The Kier molecular flexibility index (Phi) is 5.36. The average Bonchev–Trinajstić information content (AvgIpc) is 2.36. The first-order valence-corrected chi connectivity index (χ1v) is 6.26. The molecule has 1 aromatic carbocycles. The third-order valence-electron chi connectivity index (χ3n) is 2.89. The third kappa shape index (κ3) is 4.62. The van der Waals surface area contributed by atoms with Crippen LogP contribution in [0.4, 0.5) is 4.79 Å². The minimum Gasteiger partial charge on any atom is -0.465 e. The van der Waals surface area contributed by atoms with E-state index >= 15 is 0 Å². The first-order valence-electron chi connectivity index (χ1n) is 6.26. The Morgan fingerprint density at radius 1 is 1.05 bits per heavy atom. The summed E-state index contributed by atoms with van der Waals surface area (Å²) < 4.78 is 0. The zero-order chi connectivity index (χ0) is 14.4. The van der Waals surface area contributed by atoms with Crippen molar-refractivity contribution in [1.29, 1.82) is 0 Å². The van der Waals surface area contributed by atoms with Gasteiger partial charge < -0.3 is 15.7 Å². The summed E-state index contributed by atoms with van der Waals surface area (Å²) in [7, 11) is 0. The molecule has 2 atom stereocenters. The number of carbonyl (C=O) groups excluding carboxylic acids is 1. The quantitative estimate of drug-likeness (QED) is 0.762. The van der Waals surface area contributed by atoms with Gasteiger partial charge in [0.2, 0.25) is 5.91 Å². The Balaban J connectivity index is 2.69. The van der Waals surface area contributed by atoms with Gasteiger partial charge in [-0.1, -0.05) is 44.2 Å². The summed E-state index contributed by atoms with van der Waals surface area (Å²) >= 11 is 0. The van der Waals surface area contributed by atoms with Gasteiger partial charge in [-0.25, -0.2) is 4.79 Å². The fraction of sp³-hybridized carbons (Fsp3) is 0.429. The second kappa shape index (κ2) is 6.78. The molecule has 0 aliphatic heterocycles. The van der Waals surface area contributed by atoms with E-state index < -0.39 is 12.1 Å². The second-order valence-electron chi connectivity index (χ2n) is 4.81. The Hall–Kier alpha value is -2.04. The molecular weight excluding hydrogens is 244 g/mol. The van der Waals surface area contributed by atoms with E-state index in [-0.39, 0.29) is 17.9 Å². The van der Waals surface area contributed by atoms with E-state index in [0.717, 1.165) is 5.56 Å². The van der Waals surface area contributed by atoms with Crippen LogP contribution in [0.15, 0.2) is 30.3 Å². The number of hydrogen-bond acceptors (Lipinski definition) is 2. The molecular formula is C14H20N2O3. The zero-order valence-electron chi connectivity index (χ0n) is 11.4. The number of nitrogens with one attached hydrogen (secondary N) is 2. The van der Waals surface area contributed by atoms with Gasteiger partial charge in [-0.2, -0.15) is 0 Å². The fourth-order valence-electron chi connectivity index (χ4n) is 1.80. The lowest BCUT2D eigenvalue weighted by atomic mass is 10.0. The Labute approximate surface area is 113 Å². The van der Waals surface area contributed by atoms with Gasteiger partial charge >= 0.3 is 6.09 Å². The number of benzene rings is 1. The Morgan fingerprint density at radius 2 is 1.63 bits per heavy atom. The second-order valence-corrected chi connectivity index (χ2v) is 4.81. The molecule has 0 saturated heterocycles. The molecule has 0 saturated carbocycles. The summed E-state index contributed by atoms with van der Waals surface area (Å²) in [6.07, 6.45) is -1.19. The molecule has 0 aromatic heterocycles. The van der Waals surface area contributed by atoms with Crippen LogP contribution in [-0.4, -0.2) is 23.1 Å². The van der Waals surface area contributed by atoms with Crippen molar-refractivity contribution in [2.24, 2.45) is 5.92 Å². The van der Waals surface area contributed by atoms with Crippen molar-refractivity contribution in [3.63, 3.8) is 0 Å². The lowest BCUT2D eigenvalue weighted by Gasteiger charge is -2.23. The molecule has 0 bridgehead atoms. The smallest absolute Gasteiger partial charge is 0.405 e. The number of amides is 2. The van der Waals surface area contributed by atoms with Crippen LogP contribution in [0.2, 0.25) is 0 Å². The molecule has 0 radical (unpaired) electrons. The first-order chi connectivity index (χ1) is 8.91. The van der Waals surface area contributed by atoms with Crippen molar-refractivity contribution >= 4 is 12.0 Å². The van der Waals surface area contributed by atoms with Gasteiger partial charge in [0.05, 0.1) is 6.04 Å². The average molecular weight is 264 g/mol. The predicted molar refractivity (Wildman–Crippen MR) is 72.8 cm³/mol. The highest BCUT2D eigenvalue weighted by atomic mass is 16.4. The highest BCUT2D eigenvalue weighted by Crippen LogP contribution is 2.12. The zero-order valence-corrected chi connectivity index (χ0v) is 11.4. The van der Waals surface area contributed by atoms with Crippen LogP contribution in [0.3, 0.4) is 0 Å². The normalized spacial score (nSPS) is 13.7. The van der Waals surface area contributed by atoms with Crippen molar-refractivity contribution < 1.29 is 14.7 Å². The van der Waals surface area contributed by atoms with Crippen molar-refractivity contribution in [3.05, 3.63) is 35.9 Å². The summed E-state index contributed by atoms with van der Waals surface area (Å²) in [5.74, 6) is -0.423. The van der Waals surface area contributed by atoms with Gasteiger partial charge in [-0.05, 0) is 18.4 Å². The van der Waals surface area contributed by atoms with Crippen LogP contribution in [-0.2, 0) is 4.79 Å². The van der Waals surface area contributed by atoms with E-state index in [0.29, 0.717) is 0 Å². The van der Waals surface area contributed by atoms with Crippen molar-refractivity contribution in [1.82, 2.24) is 10.6 Å². The van der Waals surface area contributed by atoms with Crippen LogP contribution >= 0.6 is 0 Å². The first kappa shape index (κ1) is 15.0. The standard InChI is InChI=1S/C14H20N2O3/c1-9(2)12(16-14(18)19)13(17)15-10(3)11-7-5-4-6-8-11/h4-10,12,16H,1-3H3,(H,15,17)(H,18,19). The maximum absolute atomic E-state index is 12.1. The maximum Gasteiger partial charge on any atom is 0.405 e. The van der Waals surface area contributed by atoms with E-state index in [1.807, 2.05) is 37.3 Å². The summed E-state index contributed by atoms with van der Waals surface area (Å²) in [5.41, 5.74) is 0.980. The topological polar surface area (TPSA) is 78.4 Å². The van der Waals surface area contributed by atoms with Crippen LogP contribution < -0.4 is 10.6 Å². The summed E-state index contributed by atoms with van der Waals surface area (Å²) in [6.45, 7) is 5.46. The minimum absolute atomic E-state index is 0.112. The van der Waals surface area contributed by atoms with Crippen LogP contribution in [0.1, 0.15) is 32.4 Å². The summed E-state index contributed by atoms with van der Waals surface area (Å²) in [6, 6.07) is 8.62. The Morgan fingerprint density at radius 3 is 2.11 bits per heavy atom. The molecule has 3 N–H and O–H groups in total. The molecule has 0 fully saturated rings. The van der Waals surface area contributed by atoms with E-state index in [9.17, 15) is 9.59 Å². The van der Waals surface area contributed by atoms with Crippen molar-refractivity contribution in [3.8, 4) is 0 Å². The van der Waals surface area contributed by atoms with Gasteiger partial charge in [0, 0.05) is 0 Å². The lowest BCUT2D eigenvalue weighted by Crippen LogP contribution is -2.49. The molecule has 104 valence electrons. The van der Waals surface area contributed by atoms with E-state index in [1.54, 1.807) is 13.8 Å². The maximum atomic E-state index is 12.1. The molecule has 1 rings (SSSR count). The number of rotatable bonds is 5. The molecule has 5 nitrogen and oxygen atoms in total. The molecule has 0 spiro atoms. The summed E-state index contributed by atoms with van der Waals surface area (Å²) in [4.78, 5) is 22.8. The van der Waals surface area contributed by atoms with Gasteiger partial charge in [-0.15, -0.1) is 0 Å². The third-order valence-corrected chi connectivity index (χ3v) is 2.89. The minimum atomic E-state index is -1.19. The highest BCUT2D eigenvalue weighted by Gasteiger charge is 2.25. The van der Waals surface area contributed by atoms with Crippen molar-refractivity contribution in [2.75, 3.05) is 0 Å². The molecule has 2 amide bonds. The number of carboxylic acid groups (broad SMARTS) is 1. The lowest BCUT2D eigenvalue weighted by molar-refractivity contribution is -0.124. The van der Waals surface area contributed by atoms with E-state index in [4.69, 9.17) is 5.11 Å². The van der Waals surface area contributed by atoms with Gasteiger partial charge in [0.15, 0.2) is 0 Å². The van der Waals surface area contributed by atoms with Crippen LogP contribution in [0.25, 0.3) is 0 Å². The van der Waals surface area contributed by atoms with E-state index in [1.165, 1.54) is 0 Å². The van der Waals surface area contributed by atoms with Crippen LogP contribution in [0, 0.1) is 5.92 Å². The molecule has 1 aromatic rings. The predicted octanol–water partition coefficient (Wildman–Crippen LogP) is 2.16. The SMILES string of the molecule is CC(NC(=O)C(NC(=O)O)C(C)C)c1ccccc1. The molecule has 0 aliphatic carbocycles. The summed E-state index contributed by atoms with van der Waals surface area (Å²) in [5, 5.41) is 13.8. The largest absolute Gasteiger partial charge is 0.465 e. The van der Waals surface area contributed by atoms with Gasteiger partial charge in [-0.3, -0.25) is 4.79 Å². The van der Waals surface area contributed by atoms with Crippen LogP contribution in [0.5, 0.6) is 0 Å². The highest BCUT2D eigenvalue weighted by molar-refractivity contribution is 5.85. The molecule has 0 aliphatic rings. The Bertz CT molecular complexity index is 432. The molecule has 0 heterocycles. The number of hydrogen-bond donors (Lipinski definition) is 3. The molecule has 19 heavy (non-hydrogen) atoms. The van der Waals surface area contributed by atoms with Crippen molar-refractivity contribution in [2.45, 2.75) is 32.9 Å². The molecule has 2 unspecified atom stereocenters. The van der Waals surface area contributed by atoms with E-state index in [2.05, 4.69) is 10.6 Å².